The van der Waals surface area contributed by atoms with Crippen LogP contribution in [0.15, 0.2) is 24.3 Å². The van der Waals surface area contributed by atoms with Crippen molar-refractivity contribution in [2.75, 3.05) is 19.7 Å². The third-order valence-electron chi connectivity index (χ3n) is 4.10. The number of hydrogen-bond donors (Lipinski definition) is 1. The van der Waals surface area contributed by atoms with Crippen LogP contribution >= 0.6 is 22.9 Å². The summed E-state index contributed by atoms with van der Waals surface area (Å²) in [6.45, 7) is 3.34. The normalized spacial score (nSPS) is 15.5. The number of carbonyl (C=O) groups excluding carboxylic acids is 2. The third kappa shape index (κ3) is 3.49. The summed E-state index contributed by atoms with van der Waals surface area (Å²) < 4.78 is 6.00. The monoisotopic (exact) mass is 366 g/mol. The standard InChI is InChI=1S/C17H19ClN2O3S/c1-2-23-17(22)20-9-7-11(8-10-20)19-16(21)15-14(18)12-5-3-4-6-13(12)24-15/h3-6,11H,2,7-10H2,1H3,(H,19,21). The molecule has 1 aliphatic heterocycles. The smallest absolute Gasteiger partial charge is 0.409 e. The zero-order valence-corrected chi connectivity index (χ0v) is 15.0. The summed E-state index contributed by atoms with van der Waals surface area (Å²) in [5, 5.41) is 4.46. The fourth-order valence-corrected chi connectivity index (χ4v) is 4.25. The number of nitrogens with zero attached hydrogens (tertiary/aromatic N) is 1. The van der Waals surface area contributed by atoms with E-state index in [1.165, 1.54) is 11.3 Å². The summed E-state index contributed by atoms with van der Waals surface area (Å²) in [5.74, 6) is -0.143. The molecule has 1 N–H and O–H groups in total. The van der Waals surface area contributed by atoms with E-state index in [0.717, 1.165) is 10.1 Å². The minimum Gasteiger partial charge on any atom is -0.450 e. The van der Waals surface area contributed by atoms with Gasteiger partial charge in [-0.05, 0) is 25.8 Å². The molecule has 1 fully saturated rings. The molecule has 1 saturated heterocycles. The summed E-state index contributed by atoms with van der Waals surface area (Å²) in [7, 11) is 0. The maximum Gasteiger partial charge on any atom is 0.409 e. The van der Waals surface area contributed by atoms with Crippen LogP contribution in [0.1, 0.15) is 29.4 Å². The second-order valence-electron chi connectivity index (χ2n) is 5.68. The molecule has 7 heteroatoms. The number of benzene rings is 1. The van der Waals surface area contributed by atoms with E-state index < -0.39 is 0 Å². The Bertz CT molecular complexity index is 753. The van der Waals surface area contributed by atoms with Crippen LogP contribution in [0.5, 0.6) is 0 Å². The molecular weight excluding hydrogens is 348 g/mol. The largest absolute Gasteiger partial charge is 0.450 e. The fourth-order valence-electron chi connectivity index (χ4n) is 2.83. The molecule has 0 atom stereocenters. The lowest BCUT2D eigenvalue weighted by Crippen LogP contribution is -2.46. The van der Waals surface area contributed by atoms with Crippen LogP contribution in [0.2, 0.25) is 5.02 Å². The number of ether oxygens (including phenoxy) is 1. The number of piperidine rings is 1. The van der Waals surface area contributed by atoms with Gasteiger partial charge in [0.05, 0.1) is 11.6 Å². The zero-order valence-electron chi connectivity index (χ0n) is 13.4. The van der Waals surface area contributed by atoms with Gasteiger partial charge in [0.1, 0.15) is 4.88 Å². The maximum atomic E-state index is 12.5. The number of thiophene rings is 1. The first-order valence-electron chi connectivity index (χ1n) is 7.99. The number of nitrogens with one attached hydrogen (secondary N) is 1. The summed E-state index contributed by atoms with van der Waals surface area (Å²) in [5.41, 5.74) is 0. The Labute approximate surface area is 149 Å². The van der Waals surface area contributed by atoms with Crippen molar-refractivity contribution >= 4 is 45.0 Å². The molecule has 5 nitrogen and oxygen atoms in total. The fraction of sp³-hybridized carbons (Fsp3) is 0.412. The Morgan fingerprint density at radius 2 is 2.04 bits per heavy atom. The molecule has 128 valence electrons. The number of hydrogen-bond acceptors (Lipinski definition) is 4. The topological polar surface area (TPSA) is 58.6 Å². The van der Waals surface area contributed by atoms with Crippen LogP contribution in [0, 0.1) is 0 Å². The van der Waals surface area contributed by atoms with Gasteiger partial charge in [-0.25, -0.2) is 4.79 Å². The summed E-state index contributed by atoms with van der Waals surface area (Å²) in [6, 6.07) is 7.77. The molecule has 0 bridgehead atoms. The van der Waals surface area contributed by atoms with Crippen LogP contribution in [0.3, 0.4) is 0 Å². The number of halogens is 1. The van der Waals surface area contributed by atoms with E-state index in [1.807, 2.05) is 24.3 Å². The second-order valence-corrected chi connectivity index (χ2v) is 7.11. The molecule has 0 radical (unpaired) electrons. The van der Waals surface area contributed by atoms with E-state index >= 15 is 0 Å². The predicted molar refractivity (Wildman–Crippen MR) is 95.9 cm³/mol. The lowest BCUT2D eigenvalue weighted by atomic mass is 10.1. The van der Waals surface area contributed by atoms with E-state index in [4.69, 9.17) is 16.3 Å². The maximum absolute atomic E-state index is 12.5. The van der Waals surface area contributed by atoms with Gasteiger partial charge < -0.3 is 15.0 Å². The molecule has 0 spiro atoms. The Balaban J connectivity index is 1.61. The van der Waals surface area contributed by atoms with Crippen LogP contribution in [0.4, 0.5) is 4.79 Å². The van der Waals surface area contributed by atoms with Gasteiger partial charge in [-0.15, -0.1) is 11.3 Å². The Hall–Kier alpha value is -1.79. The summed E-state index contributed by atoms with van der Waals surface area (Å²) in [4.78, 5) is 26.5. The zero-order chi connectivity index (χ0) is 17.1. The van der Waals surface area contributed by atoms with Crippen LogP contribution in [-0.4, -0.2) is 42.6 Å². The van der Waals surface area contributed by atoms with E-state index in [0.29, 0.717) is 42.4 Å². The highest BCUT2D eigenvalue weighted by Crippen LogP contribution is 2.35. The van der Waals surface area contributed by atoms with Crippen molar-refractivity contribution in [2.45, 2.75) is 25.8 Å². The van der Waals surface area contributed by atoms with Gasteiger partial charge in [-0.2, -0.15) is 0 Å². The van der Waals surface area contributed by atoms with Crippen molar-refractivity contribution in [3.63, 3.8) is 0 Å². The quantitative estimate of drug-likeness (QED) is 0.896. The van der Waals surface area contributed by atoms with Gasteiger partial charge in [0.15, 0.2) is 0 Å². The minimum absolute atomic E-state index is 0.0458. The van der Waals surface area contributed by atoms with Crippen molar-refractivity contribution < 1.29 is 14.3 Å². The van der Waals surface area contributed by atoms with Gasteiger partial charge in [-0.1, -0.05) is 29.8 Å². The van der Waals surface area contributed by atoms with Gasteiger partial charge in [-0.3, -0.25) is 4.79 Å². The first-order valence-corrected chi connectivity index (χ1v) is 9.19. The molecule has 0 unspecified atom stereocenters. The predicted octanol–water partition coefficient (Wildman–Crippen LogP) is 3.91. The van der Waals surface area contributed by atoms with E-state index in [9.17, 15) is 9.59 Å². The van der Waals surface area contributed by atoms with Gasteiger partial charge >= 0.3 is 6.09 Å². The molecule has 1 aliphatic rings. The highest BCUT2D eigenvalue weighted by molar-refractivity contribution is 7.21. The number of carbonyl (C=O) groups is 2. The molecule has 0 aliphatic carbocycles. The van der Waals surface area contributed by atoms with Crippen molar-refractivity contribution in [2.24, 2.45) is 0 Å². The molecule has 1 aromatic heterocycles. The van der Waals surface area contributed by atoms with Crippen molar-refractivity contribution in [1.82, 2.24) is 10.2 Å². The third-order valence-corrected chi connectivity index (χ3v) is 5.77. The second kappa shape index (κ2) is 7.40. The first kappa shape index (κ1) is 17.0. The van der Waals surface area contributed by atoms with Crippen molar-refractivity contribution in [3.8, 4) is 0 Å². The summed E-state index contributed by atoms with van der Waals surface area (Å²) >= 11 is 7.75. The molecule has 1 aromatic carbocycles. The molecule has 2 aromatic rings. The van der Waals surface area contributed by atoms with Crippen LogP contribution in [-0.2, 0) is 4.74 Å². The van der Waals surface area contributed by atoms with Crippen molar-refractivity contribution in [1.29, 1.82) is 0 Å². The molecule has 0 saturated carbocycles. The first-order chi connectivity index (χ1) is 11.6. The summed E-state index contributed by atoms with van der Waals surface area (Å²) in [6.07, 6.45) is 1.15. The van der Waals surface area contributed by atoms with Gasteiger partial charge in [0.25, 0.3) is 5.91 Å². The highest BCUT2D eigenvalue weighted by atomic mass is 35.5. The molecule has 2 amide bonds. The Kier molecular flexibility index (Phi) is 5.26. The molecule has 3 rings (SSSR count). The Morgan fingerprint density at radius 1 is 1.33 bits per heavy atom. The van der Waals surface area contributed by atoms with E-state index in [2.05, 4.69) is 5.32 Å². The molecule has 24 heavy (non-hydrogen) atoms. The molecule has 2 heterocycles. The molecular formula is C17H19ClN2O3S. The van der Waals surface area contributed by atoms with Gasteiger partial charge in [0.2, 0.25) is 0 Å². The lowest BCUT2D eigenvalue weighted by molar-refractivity contribution is 0.0863. The SMILES string of the molecule is CCOC(=O)N1CCC(NC(=O)c2sc3ccccc3c2Cl)CC1. The van der Waals surface area contributed by atoms with Crippen molar-refractivity contribution in [3.05, 3.63) is 34.2 Å². The Morgan fingerprint density at radius 3 is 2.71 bits per heavy atom. The van der Waals surface area contributed by atoms with Gasteiger partial charge in [0, 0.05) is 29.2 Å². The average molecular weight is 367 g/mol. The van der Waals surface area contributed by atoms with E-state index in [-0.39, 0.29) is 18.0 Å². The van der Waals surface area contributed by atoms with E-state index in [1.54, 1.807) is 11.8 Å². The average Bonchev–Trinajstić information content (AvgIpc) is 2.93. The number of rotatable bonds is 3. The minimum atomic E-state index is -0.283. The lowest BCUT2D eigenvalue weighted by Gasteiger charge is -2.31. The number of amides is 2. The number of fused-ring (bicyclic) bond motifs is 1. The highest BCUT2D eigenvalue weighted by Gasteiger charge is 2.26. The van der Waals surface area contributed by atoms with Crippen LogP contribution in [0.25, 0.3) is 10.1 Å². The van der Waals surface area contributed by atoms with Crippen LogP contribution < -0.4 is 5.32 Å². The number of likely N-dealkylation sites (tertiary alicyclic amines) is 1.